The minimum Gasteiger partial charge on any atom is -0.381 e. The number of rotatable bonds is 6. The van der Waals surface area contributed by atoms with Crippen molar-refractivity contribution >= 4 is 5.91 Å². The standard InChI is InChI=1S/C13H24N2O2/c1-14-12-3-2-7-15(9-12)13(16)6-8-17-10-11-4-5-11/h11-12,14H,2-10H2,1H3. The number of hydrogen-bond acceptors (Lipinski definition) is 3. The first-order chi connectivity index (χ1) is 8.29. The highest BCUT2D eigenvalue weighted by molar-refractivity contribution is 5.76. The van der Waals surface area contributed by atoms with Crippen LogP contribution in [0.5, 0.6) is 0 Å². The Labute approximate surface area is 104 Å². The summed E-state index contributed by atoms with van der Waals surface area (Å²) in [6.07, 6.45) is 5.45. The summed E-state index contributed by atoms with van der Waals surface area (Å²) >= 11 is 0. The smallest absolute Gasteiger partial charge is 0.224 e. The highest BCUT2D eigenvalue weighted by Crippen LogP contribution is 2.28. The molecular weight excluding hydrogens is 216 g/mol. The zero-order valence-corrected chi connectivity index (χ0v) is 10.8. The lowest BCUT2D eigenvalue weighted by molar-refractivity contribution is -0.133. The van der Waals surface area contributed by atoms with Crippen molar-refractivity contribution < 1.29 is 9.53 Å². The number of hydrogen-bond donors (Lipinski definition) is 1. The molecule has 4 nitrogen and oxygen atoms in total. The second-order valence-corrected chi connectivity index (χ2v) is 5.24. The van der Waals surface area contributed by atoms with E-state index in [0.29, 0.717) is 19.1 Å². The molecule has 1 unspecified atom stereocenters. The van der Waals surface area contributed by atoms with Crippen LogP contribution in [0.15, 0.2) is 0 Å². The van der Waals surface area contributed by atoms with Crippen LogP contribution in [0.1, 0.15) is 32.1 Å². The van der Waals surface area contributed by atoms with E-state index in [1.165, 1.54) is 19.3 Å². The van der Waals surface area contributed by atoms with E-state index < -0.39 is 0 Å². The van der Waals surface area contributed by atoms with Crippen molar-refractivity contribution in [2.24, 2.45) is 5.92 Å². The zero-order chi connectivity index (χ0) is 12.1. The molecule has 0 aromatic heterocycles. The van der Waals surface area contributed by atoms with Crippen LogP contribution in [0.25, 0.3) is 0 Å². The summed E-state index contributed by atoms with van der Waals surface area (Å²) in [5.74, 6) is 1.04. The van der Waals surface area contributed by atoms with E-state index in [1.54, 1.807) is 0 Å². The van der Waals surface area contributed by atoms with Crippen molar-refractivity contribution in [1.29, 1.82) is 0 Å². The van der Waals surface area contributed by atoms with Gasteiger partial charge in [0, 0.05) is 25.7 Å². The van der Waals surface area contributed by atoms with Gasteiger partial charge in [0.2, 0.25) is 5.91 Å². The van der Waals surface area contributed by atoms with E-state index in [1.807, 2.05) is 11.9 Å². The highest BCUT2D eigenvalue weighted by atomic mass is 16.5. The Morgan fingerprint density at radius 1 is 1.41 bits per heavy atom. The Balaban J connectivity index is 1.60. The first kappa shape index (κ1) is 12.8. The Hall–Kier alpha value is -0.610. The SMILES string of the molecule is CNC1CCCN(C(=O)CCOCC2CC2)C1. The fourth-order valence-corrected chi connectivity index (χ4v) is 2.29. The Bertz CT molecular complexity index is 254. The lowest BCUT2D eigenvalue weighted by atomic mass is 10.1. The van der Waals surface area contributed by atoms with E-state index in [0.717, 1.165) is 32.0 Å². The maximum absolute atomic E-state index is 11.9. The number of carbonyl (C=O) groups is 1. The van der Waals surface area contributed by atoms with Crippen LogP contribution in [-0.4, -0.2) is 50.2 Å². The van der Waals surface area contributed by atoms with Gasteiger partial charge in [0.05, 0.1) is 13.0 Å². The van der Waals surface area contributed by atoms with Gasteiger partial charge >= 0.3 is 0 Å². The number of ether oxygens (including phenoxy) is 1. The fraction of sp³-hybridized carbons (Fsp3) is 0.923. The topological polar surface area (TPSA) is 41.6 Å². The van der Waals surface area contributed by atoms with Crippen molar-refractivity contribution in [2.75, 3.05) is 33.4 Å². The molecule has 0 aromatic rings. The Kier molecular flexibility index (Phi) is 4.80. The lowest BCUT2D eigenvalue weighted by Gasteiger charge is -2.32. The third-order valence-electron chi connectivity index (χ3n) is 3.69. The van der Waals surface area contributed by atoms with E-state index in [-0.39, 0.29) is 5.91 Å². The van der Waals surface area contributed by atoms with Gasteiger partial charge in [0.1, 0.15) is 0 Å². The monoisotopic (exact) mass is 240 g/mol. The second kappa shape index (κ2) is 6.36. The molecule has 4 heteroatoms. The van der Waals surface area contributed by atoms with Crippen LogP contribution in [0, 0.1) is 5.92 Å². The van der Waals surface area contributed by atoms with E-state index in [4.69, 9.17) is 4.74 Å². The first-order valence-electron chi connectivity index (χ1n) is 6.82. The van der Waals surface area contributed by atoms with E-state index in [2.05, 4.69) is 5.32 Å². The van der Waals surface area contributed by atoms with Crippen molar-refractivity contribution in [2.45, 2.75) is 38.1 Å². The van der Waals surface area contributed by atoms with Crippen LogP contribution in [0.2, 0.25) is 0 Å². The number of nitrogens with zero attached hydrogens (tertiary/aromatic N) is 1. The predicted octanol–water partition coefficient (Wildman–Crippen LogP) is 1.01. The van der Waals surface area contributed by atoms with Crippen LogP contribution in [0.3, 0.4) is 0 Å². The predicted molar refractivity (Wildman–Crippen MR) is 66.8 cm³/mol. The van der Waals surface area contributed by atoms with E-state index in [9.17, 15) is 4.79 Å². The lowest BCUT2D eigenvalue weighted by Crippen LogP contribution is -2.47. The maximum Gasteiger partial charge on any atom is 0.224 e. The molecule has 98 valence electrons. The van der Waals surface area contributed by atoms with Crippen molar-refractivity contribution in [1.82, 2.24) is 10.2 Å². The van der Waals surface area contributed by atoms with Crippen LogP contribution >= 0.6 is 0 Å². The molecule has 2 fully saturated rings. The molecule has 0 spiro atoms. The van der Waals surface area contributed by atoms with Gasteiger partial charge in [0.15, 0.2) is 0 Å². The van der Waals surface area contributed by atoms with Gasteiger partial charge in [-0.1, -0.05) is 0 Å². The summed E-state index contributed by atoms with van der Waals surface area (Å²) < 4.78 is 5.51. The van der Waals surface area contributed by atoms with Crippen molar-refractivity contribution in [3.63, 3.8) is 0 Å². The number of amides is 1. The molecular formula is C13H24N2O2. The van der Waals surface area contributed by atoms with Gasteiger partial charge in [-0.15, -0.1) is 0 Å². The molecule has 1 aliphatic heterocycles. The summed E-state index contributed by atoms with van der Waals surface area (Å²) in [5, 5.41) is 3.25. The van der Waals surface area contributed by atoms with Gasteiger partial charge in [-0.2, -0.15) is 0 Å². The molecule has 1 saturated heterocycles. The number of likely N-dealkylation sites (N-methyl/N-ethyl adjacent to an activating group) is 1. The van der Waals surface area contributed by atoms with Crippen LogP contribution in [-0.2, 0) is 9.53 Å². The average molecular weight is 240 g/mol. The minimum absolute atomic E-state index is 0.251. The van der Waals surface area contributed by atoms with Gasteiger partial charge in [-0.3, -0.25) is 4.79 Å². The van der Waals surface area contributed by atoms with Gasteiger partial charge in [0.25, 0.3) is 0 Å². The fourth-order valence-electron chi connectivity index (χ4n) is 2.29. The van der Waals surface area contributed by atoms with Crippen molar-refractivity contribution in [3.05, 3.63) is 0 Å². The minimum atomic E-state index is 0.251. The molecule has 2 aliphatic rings. The molecule has 17 heavy (non-hydrogen) atoms. The molecule has 1 aliphatic carbocycles. The molecule has 1 saturated carbocycles. The molecule has 0 radical (unpaired) electrons. The van der Waals surface area contributed by atoms with Crippen molar-refractivity contribution in [3.8, 4) is 0 Å². The maximum atomic E-state index is 11.9. The second-order valence-electron chi connectivity index (χ2n) is 5.24. The number of piperidine rings is 1. The molecule has 0 bridgehead atoms. The Morgan fingerprint density at radius 3 is 2.94 bits per heavy atom. The van der Waals surface area contributed by atoms with Crippen LogP contribution in [0.4, 0.5) is 0 Å². The largest absolute Gasteiger partial charge is 0.381 e. The Morgan fingerprint density at radius 2 is 2.24 bits per heavy atom. The van der Waals surface area contributed by atoms with Crippen LogP contribution < -0.4 is 5.32 Å². The third kappa shape index (κ3) is 4.28. The number of likely N-dealkylation sites (tertiary alicyclic amines) is 1. The summed E-state index contributed by atoms with van der Waals surface area (Å²) in [6, 6.07) is 0.472. The molecule has 1 N–H and O–H groups in total. The molecule has 1 atom stereocenters. The summed E-state index contributed by atoms with van der Waals surface area (Å²) in [7, 11) is 1.97. The molecule has 1 heterocycles. The third-order valence-corrected chi connectivity index (χ3v) is 3.69. The molecule has 0 aromatic carbocycles. The van der Waals surface area contributed by atoms with Gasteiger partial charge in [-0.25, -0.2) is 0 Å². The summed E-state index contributed by atoms with van der Waals surface area (Å²) in [6.45, 7) is 3.22. The summed E-state index contributed by atoms with van der Waals surface area (Å²) in [5.41, 5.74) is 0. The van der Waals surface area contributed by atoms with Gasteiger partial charge in [-0.05, 0) is 38.6 Å². The zero-order valence-electron chi connectivity index (χ0n) is 10.8. The normalized spacial score (nSPS) is 25.0. The average Bonchev–Trinajstić information content (AvgIpc) is 3.18. The van der Waals surface area contributed by atoms with Gasteiger partial charge < -0.3 is 15.0 Å². The number of nitrogens with one attached hydrogen (secondary N) is 1. The molecule has 1 amide bonds. The summed E-state index contributed by atoms with van der Waals surface area (Å²) in [4.78, 5) is 13.9. The molecule has 2 rings (SSSR count). The first-order valence-corrected chi connectivity index (χ1v) is 6.82. The quantitative estimate of drug-likeness (QED) is 0.705. The highest BCUT2D eigenvalue weighted by Gasteiger charge is 2.23. The van der Waals surface area contributed by atoms with E-state index >= 15 is 0 Å². The number of carbonyl (C=O) groups excluding carboxylic acids is 1.